The van der Waals surface area contributed by atoms with Gasteiger partial charge in [0, 0.05) is 0 Å². The van der Waals surface area contributed by atoms with Crippen LogP contribution in [0.2, 0.25) is 0 Å². The van der Waals surface area contributed by atoms with Crippen molar-refractivity contribution in [2.75, 3.05) is 0 Å². The smallest absolute Gasteiger partial charge is 0.233 e. The highest BCUT2D eigenvalue weighted by atomic mass is 19.4. The van der Waals surface area contributed by atoms with Crippen LogP contribution in [0.3, 0.4) is 0 Å². The summed E-state index contributed by atoms with van der Waals surface area (Å²) in [6.07, 6.45) is -4.35. The molecule has 5 heteroatoms. The van der Waals surface area contributed by atoms with Crippen LogP contribution in [-0.2, 0) is 6.18 Å². The van der Waals surface area contributed by atoms with E-state index < -0.39 is 12.0 Å². The Bertz CT molecular complexity index is 397. The van der Waals surface area contributed by atoms with E-state index in [1.807, 2.05) is 0 Å². The van der Waals surface area contributed by atoms with E-state index in [9.17, 15) is 13.2 Å². The van der Waals surface area contributed by atoms with Gasteiger partial charge in [-0.15, -0.1) is 0 Å². The molecule has 2 rings (SSSR count). The van der Waals surface area contributed by atoms with Crippen molar-refractivity contribution < 1.29 is 18.2 Å². The van der Waals surface area contributed by atoms with E-state index in [1.54, 1.807) is 24.3 Å². The SMILES string of the molecule is FC(F)(F)c1[nH]c2ccccc2[nH+]1. The molecule has 0 unspecified atom stereocenters. The second kappa shape index (κ2) is 2.48. The number of rotatable bonds is 0. The molecule has 0 aliphatic rings. The van der Waals surface area contributed by atoms with Crippen LogP contribution in [0.1, 0.15) is 5.82 Å². The fraction of sp³-hybridized carbons (Fsp3) is 0.125. The molecule has 0 atom stereocenters. The lowest BCUT2D eigenvalue weighted by atomic mass is 10.3. The van der Waals surface area contributed by atoms with Crippen molar-refractivity contribution in [2.45, 2.75) is 6.18 Å². The number of H-pyrrole nitrogens is 2. The largest absolute Gasteiger partial charge is 0.494 e. The summed E-state index contributed by atoms with van der Waals surface area (Å²) in [7, 11) is 0. The summed E-state index contributed by atoms with van der Waals surface area (Å²) >= 11 is 0. The van der Waals surface area contributed by atoms with Crippen molar-refractivity contribution in [3.05, 3.63) is 30.1 Å². The second-order valence-electron chi connectivity index (χ2n) is 2.67. The molecule has 0 radical (unpaired) electrons. The van der Waals surface area contributed by atoms with Gasteiger partial charge in [-0.1, -0.05) is 12.1 Å². The molecule has 2 N–H and O–H groups in total. The van der Waals surface area contributed by atoms with Crippen LogP contribution in [0.4, 0.5) is 13.2 Å². The summed E-state index contributed by atoms with van der Waals surface area (Å²) < 4.78 is 36.5. The Morgan fingerprint density at radius 2 is 1.85 bits per heavy atom. The molecule has 0 amide bonds. The third-order valence-corrected chi connectivity index (χ3v) is 1.73. The summed E-state index contributed by atoms with van der Waals surface area (Å²) in [5, 5.41) is 0. The number of halogens is 3. The summed E-state index contributed by atoms with van der Waals surface area (Å²) in [4.78, 5) is 4.51. The average Bonchev–Trinajstić information content (AvgIpc) is 2.45. The number of aromatic nitrogens is 2. The van der Waals surface area contributed by atoms with Crippen LogP contribution < -0.4 is 4.98 Å². The van der Waals surface area contributed by atoms with Gasteiger partial charge in [0.2, 0.25) is 0 Å². The number of benzene rings is 1. The van der Waals surface area contributed by atoms with Gasteiger partial charge in [-0.05, 0) is 12.1 Å². The van der Waals surface area contributed by atoms with Gasteiger partial charge in [0.25, 0.3) is 0 Å². The van der Waals surface area contributed by atoms with Crippen molar-refractivity contribution >= 4 is 11.0 Å². The Hall–Kier alpha value is -1.52. The van der Waals surface area contributed by atoms with E-state index in [0.29, 0.717) is 11.0 Å². The van der Waals surface area contributed by atoms with E-state index in [2.05, 4.69) is 9.97 Å². The summed E-state index contributed by atoms with van der Waals surface area (Å²) in [6.45, 7) is 0. The van der Waals surface area contributed by atoms with Crippen molar-refractivity contribution in [3.63, 3.8) is 0 Å². The van der Waals surface area contributed by atoms with Crippen molar-refractivity contribution in [2.24, 2.45) is 0 Å². The Labute approximate surface area is 71.4 Å². The van der Waals surface area contributed by atoms with Gasteiger partial charge in [0.15, 0.2) is 11.0 Å². The first-order chi connectivity index (χ1) is 6.07. The predicted molar refractivity (Wildman–Crippen MR) is 39.9 cm³/mol. The summed E-state index contributed by atoms with van der Waals surface area (Å²) in [6, 6.07) is 6.52. The molecular weight excluding hydrogens is 181 g/mol. The molecule has 2 nitrogen and oxygen atoms in total. The monoisotopic (exact) mass is 187 g/mol. The fourth-order valence-corrected chi connectivity index (χ4v) is 1.14. The van der Waals surface area contributed by atoms with Crippen LogP contribution in [0.25, 0.3) is 11.0 Å². The molecule has 2 aromatic rings. The lowest BCUT2D eigenvalue weighted by Gasteiger charge is -1.93. The quantitative estimate of drug-likeness (QED) is 0.653. The van der Waals surface area contributed by atoms with Crippen molar-refractivity contribution in [3.8, 4) is 0 Å². The summed E-state index contributed by atoms with van der Waals surface area (Å²) in [5.41, 5.74) is 0.907. The number of fused-ring (bicyclic) bond motifs is 1. The molecule has 0 saturated carbocycles. The number of nitrogens with one attached hydrogen (secondary N) is 2. The van der Waals surface area contributed by atoms with Gasteiger partial charge >= 0.3 is 12.0 Å². The van der Waals surface area contributed by atoms with Gasteiger partial charge in [-0.25, -0.2) is 9.97 Å². The standard InChI is InChI=1S/C8H5F3N2/c9-8(10,11)7-12-5-3-1-2-4-6(5)13-7/h1-4H,(H,12,13)/p+1. The topological polar surface area (TPSA) is 29.9 Å². The molecule has 0 spiro atoms. The van der Waals surface area contributed by atoms with Crippen molar-refractivity contribution in [1.82, 2.24) is 4.98 Å². The Balaban J connectivity index is 2.63. The first kappa shape index (κ1) is 8.10. The molecule has 13 heavy (non-hydrogen) atoms. The number of aromatic amines is 2. The minimum absolute atomic E-state index is 0.454. The molecule has 68 valence electrons. The minimum Gasteiger partial charge on any atom is -0.233 e. The van der Waals surface area contributed by atoms with Gasteiger partial charge in [0.05, 0.1) is 0 Å². The third kappa shape index (κ3) is 1.37. The van der Waals surface area contributed by atoms with Crippen LogP contribution >= 0.6 is 0 Å². The zero-order valence-corrected chi connectivity index (χ0v) is 6.44. The van der Waals surface area contributed by atoms with Gasteiger partial charge in [-0.3, -0.25) is 0 Å². The Morgan fingerprint density at radius 3 is 2.46 bits per heavy atom. The van der Waals surface area contributed by atoms with Gasteiger partial charge in [0.1, 0.15) is 0 Å². The molecule has 0 saturated heterocycles. The lowest BCUT2D eigenvalue weighted by molar-refractivity contribution is -0.400. The number of para-hydroxylation sites is 2. The van der Waals surface area contributed by atoms with E-state index in [0.717, 1.165) is 0 Å². The molecule has 0 aliphatic heterocycles. The first-order valence-electron chi connectivity index (χ1n) is 3.64. The minimum atomic E-state index is -4.35. The van der Waals surface area contributed by atoms with E-state index >= 15 is 0 Å². The zero-order valence-electron chi connectivity index (χ0n) is 6.44. The van der Waals surface area contributed by atoms with Crippen molar-refractivity contribution in [1.29, 1.82) is 0 Å². The molecular formula is C8H6F3N2+. The van der Waals surface area contributed by atoms with Gasteiger partial charge < -0.3 is 0 Å². The maximum Gasteiger partial charge on any atom is 0.494 e. The Kier molecular flexibility index (Phi) is 1.55. The van der Waals surface area contributed by atoms with Crippen LogP contribution in [0.15, 0.2) is 24.3 Å². The molecule has 0 fully saturated rings. The number of alkyl halides is 3. The molecule has 0 aliphatic carbocycles. The highest BCUT2D eigenvalue weighted by Gasteiger charge is 2.40. The van der Waals surface area contributed by atoms with Crippen LogP contribution in [0, 0.1) is 0 Å². The van der Waals surface area contributed by atoms with E-state index in [4.69, 9.17) is 0 Å². The average molecular weight is 187 g/mol. The Morgan fingerprint density at radius 1 is 1.15 bits per heavy atom. The first-order valence-corrected chi connectivity index (χ1v) is 3.64. The number of imidazole rings is 1. The molecule has 1 aromatic heterocycles. The third-order valence-electron chi connectivity index (χ3n) is 1.73. The van der Waals surface area contributed by atoms with Crippen LogP contribution in [0.5, 0.6) is 0 Å². The molecule has 1 aromatic carbocycles. The maximum absolute atomic E-state index is 12.2. The normalized spacial score (nSPS) is 12.2. The zero-order chi connectivity index (χ0) is 9.47. The highest BCUT2D eigenvalue weighted by Crippen LogP contribution is 2.25. The highest BCUT2D eigenvalue weighted by molar-refractivity contribution is 5.70. The van der Waals surface area contributed by atoms with E-state index in [1.165, 1.54) is 0 Å². The second-order valence-corrected chi connectivity index (χ2v) is 2.67. The van der Waals surface area contributed by atoms with E-state index in [-0.39, 0.29) is 0 Å². The maximum atomic E-state index is 12.2. The number of hydrogen-bond donors (Lipinski definition) is 1. The lowest BCUT2D eigenvalue weighted by Crippen LogP contribution is -2.18. The van der Waals surface area contributed by atoms with Crippen LogP contribution in [-0.4, -0.2) is 4.98 Å². The van der Waals surface area contributed by atoms with Gasteiger partial charge in [-0.2, -0.15) is 13.2 Å². The number of hydrogen-bond acceptors (Lipinski definition) is 0. The molecule has 0 bridgehead atoms. The summed E-state index contributed by atoms with van der Waals surface area (Å²) in [5.74, 6) is -0.825. The molecule has 1 heterocycles. The predicted octanol–water partition coefficient (Wildman–Crippen LogP) is 2.00. The fourth-order valence-electron chi connectivity index (χ4n) is 1.14.